The molecule has 0 aliphatic rings. The lowest BCUT2D eigenvalue weighted by Crippen LogP contribution is -2.15. The average Bonchev–Trinajstić information content (AvgIpc) is 3.39. The van der Waals surface area contributed by atoms with Gasteiger partial charge in [0.2, 0.25) is 0 Å². The maximum absolute atomic E-state index is 13.7. The molecule has 29 heavy (non-hydrogen) atoms. The molecule has 4 aromatic rings. The Kier molecular flexibility index (Phi) is 4.96. The second-order valence-corrected chi connectivity index (χ2v) is 6.07. The van der Waals surface area contributed by atoms with Gasteiger partial charge in [-0.2, -0.15) is 15.3 Å². The normalized spacial score (nSPS) is 11.0. The van der Waals surface area contributed by atoms with Gasteiger partial charge in [-0.05, 0) is 18.2 Å². The molecule has 4 aromatic heterocycles. The van der Waals surface area contributed by atoms with Gasteiger partial charge in [-0.1, -0.05) is 11.6 Å². The number of alkyl halides is 2. The van der Waals surface area contributed by atoms with Gasteiger partial charge in [-0.15, -0.1) is 4.80 Å². The Morgan fingerprint density at radius 3 is 2.45 bits per heavy atom. The van der Waals surface area contributed by atoms with E-state index >= 15 is 0 Å². The summed E-state index contributed by atoms with van der Waals surface area (Å²) >= 11 is 6.16. The van der Waals surface area contributed by atoms with Crippen molar-refractivity contribution in [2.45, 2.75) is 6.43 Å². The molecule has 146 valence electrons. The zero-order valence-electron chi connectivity index (χ0n) is 14.4. The quantitative estimate of drug-likeness (QED) is 0.536. The van der Waals surface area contributed by atoms with Gasteiger partial charge in [-0.25, -0.2) is 18.4 Å². The summed E-state index contributed by atoms with van der Waals surface area (Å²) in [5.41, 5.74) is -0.237. The highest BCUT2D eigenvalue weighted by molar-refractivity contribution is 6.32. The third-order valence-electron chi connectivity index (χ3n) is 3.85. The monoisotopic (exact) mass is 416 g/mol. The molecule has 0 bridgehead atoms. The molecule has 0 aliphatic heterocycles. The fourth-order valence-electron chi connectivity index (χ4n) is 2.60. The van der Waals surface area contributed by atoms with Crippen LogP contribution in [0.15, 0.2) is 55.4 Å². The van der Waals surface area contributed by atoms with E-state index in [9.17, 15) is 13.6 Å². The molecule has 0 spiro atoms. The molecule has 0 saturated carbocycles. The van der Waals surface area contributed by atoms with E-state index in [1.165, 1.54) is 54.0 Å². The second-order valence-electron chi connectivity index (χ2n) is 5.66. The molecule has 12 heteroatoms. The minimum Gasteiger partial charge on any atom is -0.320 e. The molecule has 0 saturated heterocycles. The van der Waals surface area contributed by atoms with Crippen LogP contribution in [0.4, 0.5) is 14.5 Å². The van der Waals surface area contributed by atoms with Crippen LogP contribution in [0, 0.1) is 0 Å². The minimum absolute atomic E-state index is 0.167. The number of pyridine rings is 2. The van der Waals surface area contributed by atoms with Crippen molar-refractivity contribution >= 4 is 23.2 Å². The third-order valence-corrected chi connectivity index (χ3v) is 4.13. The number of carbonyl (C=O) groups is 1. The molecule has 1 N–H and O–H groups in total. The predicted octanol–water partition coefficient (Wildman–Crippen LogP) is 3.09. The highest BCUT2D eigenvalue weighted by Gasteiger charge is 2.25. The number of rotatable bonds is 5. The first kappa shape index (κ1) is 18.6. The number of anilines is 1. The van der Waals surface area contributed by atoms with Gasteiger partial charge in [-0.3, -0.25) is 9.78 Å². The highest BCUT2D eigenvalue weighted by atomic mass is 35.5. The van der Waals surface area contributed by atoms with Gasteiger partial charge >= 0.3 is 0 Å². The SMILES string of the molecule is O=C(Nc1cnc(-n2nccn2)c(Cl)c1)c1cnn(-c2ccncc2)c1C(F)F. The molecule has 0 atom stereocenters. The van der Waals surface area contributed by atoms with Crippen LogP contribution < -0.4 is 5.32 Å². The van der Waals surface area contributed by atoms with Crippen LogP contribution in [0.5, 0.6) is 0 Å². The fraction of sp³-hybridized carbons (Fsp3) is 0.0588. The van der Waals surface area contributed by atoms with Crippen molar-refractivity contribution in [2.24, 2.45) is 0 Å². The van der Waals surface area contributed by atoms with Crippen LogP contribution in [0.1, 0.15) is 22.5 Å². The Labute approximate surface area is 167 Å². The molecule has 4 rings (SSSR count). The summed E-state index contributed by atoms with van der Waals surface area (Å²) in [5.74, 6) is -0.517. The first-order valence-corrected chi connectivity index (χ1v) is 8.52. The van der Waals surface area contributed by atoms with E-state index in [2.05, 4.69) is 30.6 Å². The largest absolute Gasteiger partial charge is 0.320 e. The van der Waals surface area contributed by atoms with Crippen molar-refractivity contribution in [2.75, 3.05) is 5.32 Å². The zero-order chi connectivity index (χ0) is 20.4. The summed E-state index contributed by atoms with van der Waals surface area (Å²) in [7, 11) is 0. The van der Waals surface area contributed by atoms with Crippen LogP contribution in [-0.4, -0.2) is 40.6 Å². The molecule has 0 aliphatic carbocycles. The number of nitrogens with zero attached hydrogens (tertiary/aromatic N) is 7. The molecule has 9 nitrogen and oxygen atoms in total. The predicted molar refractivity (Wildman–Crippen MR) is 98.4 cm³/mol. The van der Waals surface area contributed by atoms with Gasteiger partial charge in [0.1, 0.15) is 5.69 Å². The first-order chi connectivity index (χ1) is 14.0. The maximum Gasteiger partial charge on any atom is 0.281 e. The standard InChI is InChI=1S/C17H11ClF2N8O/c18-13-7-10(8-22-16(13)28-23-5-6-24-28)26-17(29)12-9-25-27(14(12)15(19)20)11-1-3-21-4-2-11/h1-9,15H,(H,26,29). The first-order valence-electron chi connectivity index (χ1n) is 8.14. The summed E-state index contributed by atoms with van der Waals surface area (Å²) in [6, 6.07) is 4.43. The Morgan fingerprint density at radius 1 is 1.07 bits per heavy atom. The molecule has 0 aromatic carbocycles. The zero-order valence-corrected chi connectivity index (χ0v) is 15.2. The minimum atomic E-state index is -2.93. The Bertz CT molecular complexity index is 1150. The average molecular weight is 417 g/mol. The summed E-state index contributed by atoms with van der Waals surface area (Å²) in [4.78, 5) is 21.7. The topological polar surface area (TPSA) is 103 Å². The van der Waals surface area contributed by atoms with E-state index < -0.39 is 18.0 Å². The number of amides is 1. The third kappa shape index (κ3) is 3.67. The second kappa shape index (κ2) is 7.72. The van der Waals surface area contributed by atoms with Gasteiger partial charge in [0, 0.05) is 12.4 Å². The van der Waals surface area contributed by atoms with Crippen LogP contribution in [0.2, 0.25) is 5.02 Å². The molecule has 4 heterocycles. The fourth-order valence-corrected chi connectivity index (χ4v) is 2.85. The van der Waals surface area contributed by atoms with Crippen LogP contribution >= 0.6 is 11.6 Å². The van der Waals surface area contributed by atoms with E-state index in [0.717, 1.165) is 10.9 Å². The van der Waals surface area contributed by atoms with Crippen molar-refractivity contribution in [3.8, 4) is 11.5 Å². The lowest BCUT2D eigenvalue weighted by Gasteiger charge is -2.10. The van der Waals surface area contributed by atoms with Crippen molar-refractivity contribution in [1.29, 1.82) is 0 Å². The van der Waals surface area contributed by atoms with E-state index in [4.69, 9.17) is 11.6 Å². The highest BCUT2D eigenvalue weighted by Crippen LogP contribution is 2.27. The number of aromatic nitrogens is 7. The molecule has 0 fully saturated rings. The number of hydrogen-bond acceptors (Lipinski definition) is 6. The molecule has 1 amide bonds. The Balaban J connectivity index is 1.62. The Morgan fingerprint density at radius 2 is 1.79 bits per heavy atom. The van der Waals surface area contributed by atoms with Gasteiger partial charge in [0.25, 0.3) is 12.3 Å². The lowest BCUT2D eigenvalue weighted by molar-refractivity contribution is 0.100. The van der Waals surface area contributed by atoms with Gasteiger partial charge < -0.3 is 5.32 Å². The number of nitrogens with one attached hydrogen (secondary N) is 1. The van der Waals surface area contributed by atoms with E-state index in [1.807, 2.05) is 0 Å². The maximum atomic E-state index is 13.7. The van der Waals surface area contributed by atoms with Crippen molar-refractivity contribution in [1.82, 2.24) is 34.7 Å². The van der Waals surface area contributed by atoms with Crippen molar-refractivity contribution < 1.29 is 13.6 Å². The number of halogens is 3. The smallest absolute Gasteiger partial charge is 0.281 e. The molecule has 0 radical (unpaired) electrons. The number of carbonyl (C=O) groups excluding carboxylic acids is 1. The molecular weight excluding hydrogens is 406 g/mol. The molecule has 0 unspecified atom stereocenters. The van der Waals surface area contributed by atoms with Crippen LogP contribution in [0.3, 0.4) is 0 Å². The summed E-state index contributed by atoms with van der Waals surface area (Å²) in [6.45, 7) is 0. The number of hydrogen-bond donors (Lipinski definition) is 1. The van der Waals surface area contributed by atoms with Crippen molar-refractivity contribution in [3.05, 3.63) is 71.7 Å². The van der Waals surface area contributed by atoms with E-state index in [0.29, 0.717) is 5.69 Å². The van der Waals surface area contributed by atoms with Crippen LogP contribution in [-0.2, 0) is 0 Å². The Hall–Kier alpha value is -3.73. The summed E-state index contributed by atoms with van der Waals surface area (Å²) < 4.78 is 28.3. The van der Waals surface area contributed by atoms with Crippen LogP contribution in [0.25, 0.3) is 11.5 Å². The molecular formula is C17H11ClF2N8O. The van der Waals surface area contributed by atoms with Crippen molar-refractivity contribution in [3.63, 3.8) is 0 Å². The van der Waals surface area contributed by atoms with Gasteiger partial charge in [0.05, 0.1) is 46.7 Å². The summed E-state index contributed by atoms with van der Waals surface area (Å²) in [5, 5.41) is 14.4. The van der Waals surface area contributed by atoms with Gasteiger partial charge in [0.15, 0.2) is 5.82 Å². The van der Waals surface area contributed by atoms with E-state index in [-0.39, 0.29) is 22.1 Å². The lowest BCUT2D eigenvalue weighted by atomic mass is 10.2. The van der Waals surface area contributed by atoms with E-state index in [1.54, 1.807) is 0 Å². The summed E-state index contributed by atoms with van der Waals surface area (Å²) in [6.07, 6.45) is 5.26.